The lowest BCUT2D eigenvalue weighted by Gasteiger charge is -2.36. The van der Waals surface area contributed by atoms with Crippen molar-refractivity contribution >= 4 is 5.78 Å². The van der Waals surface area contributed by atoms with Crippen molar-refractivity contribution < 1.29 is 9.53 Å². The van der Waals surface area contributed by atoms with Crippen LogP contribution in [-0.2, 0) is 9.53 Å². The molecule has 16 heavy (non-hydrogen) atoms. The number of carbonyl (C=O) groups is 1. The predicted molar refractivity (Wildman–Crippen MR) is 66.3 cm³/mol. The lowest BCUT2D eigenvalue weighted by Crippen LogP contribution is -2.43. The largest absolute Gasteiger partial charge is 0.384 e. The molecule has 0 spiro atoms. The average molecular weight is 226 g/mol. The van der Waals surface area contributed by atoms with Gasteiger partial charge in [0.2, 0.25) is 0 Å². The maximum Gasteiger partial charge on any atom is 0.142 e. The number of Topliss-reactive ketones (excluding diaryl/α,β-unsaturated/α-hetero) is 1. The molecular formula is C14H26O2. The quantitative estimate of drug-likeness (QED) is 0.719. The lowest BCUT2D eigenvalue weighted by atomic mass is 9.69. The molecule has 1 saturated carbocycles. The van der Waals surface area contributed by atoms with Gasteiger partial charge >= 0.3 is 0 Å². The van der Waals surface area contributed by atoms with Crippen molar-refractivity contribution in [2.75, 3.05) is 13.7 Å². The summed E-state index contributed by atoms with van der Waals surface area (Å²) in [7, 11) is 1.71. The SMILES string of the molecule is COCC1(C(=O)CC(C)C)C(C)CC[C@H]1C. The molecule has 0 bridgehead atoms. The molecule has 1 aliphatic rings. The Morgan fingerprint density at radius 1 is 1.31 bits per heavy atom. The van der Waals surface area contributed by atoms with E-state index in [9.17, 15) is 4.79 Å². The zero-order valence-corrected chi connectivity index (χ0v) is 11.4. The molecule has 0 radical (unpaired) electrons. The molecular weight excluding hydrogens is 200 g/mol. The first kappa shape index (κ1) is 13.7. The molecule has 0 saturated heterocycles. The van der Waals surface area contributed by atoms with Gasteiger partial charge in [-0.15, -0.1) is 0 Å². The third-order valence-corrected chi connectivity index (χ3v) is 4.29. The van der Waals surface area contributed by atoms with Crippen LogP contribution in [-0.4, -0.2) is 19.5 Å². The molecule has 1 rings (SSSR count). The second-order valence-electron chi connectivity index (χ2n) is 5.87. The van der Waals surface area contributed by atoms with Gasteiger partial charge in [-0.25, -0.2) is 0 Å². The molecule has 0 heterocycles. The van der Waals surface area contributed by atoms with Crippen LogP contribution in [0.5, 0.6) is 0 Å². The van der Waals surface area contributed by atoms with Gasteiger partial charge in [0.1, 0.15) is 5.78 Å². The van der Waals surface area contributed by atoms with Gasteiger partial charge in [-0.2, -0.15) is 0 Å². The van der Waals surface area contributed by atoms with Crippen molar-refractivity contribution in [1.82, 2.24) is 0 Å². The fourth-order valence-corrected chi connectivity index (χ4v) is 3.22. The Balaban J connectivity index is 2.91. The zero-order chi connectivity index (χ0) is 12.3. The number of ketones is 1. The Kier molecular flexibility index (Phi) is 4.54. The number of carbonyl (C=O) groups excluding carboxylic acids is 1. The third kappa shape index (κ3) is 2.32. The van der Waals surface area contributed by atoms with Crippen molar-refractivity contribution in [3.05, 3.63) is 0 Å². The van der Waals surface area contributed by atoms with Crippen molar-refractivity contribution in [3.63, 3.8) is 0 Å². The van der Waals surface area contributed by atoms with Crippen LogP contribution in [0.2, 0.25) is 0 Å². The summed E-state index contributed by atoms with van der Waals surface area (Å²) >= 11 is 0. The third-order valence-electron chi connectivity index (χ3n) is 4.29. The van der Waals surface area contributed by atoms with Crippen LogP contribution in [0.3, 0.4) is 0 Å². The maximum atomic E-state index is 12.5. The van der Waals surface area contributed by atoms with Crippen molar-refractivity contribution in [2.45, 2.75) is 47.0 Å². The molecule has 0 aliphatic heterocycles. The van der Waals surface area contributed by atoms with E-state index in [4.69, 9.17) is 4.74 Å². The zero-order valence-electron chi connectivity index (χ0n) is 11.4. The van der Waals surface area contributed by atoms with Gasteiger partial charge in [0, 0.05) is 13.5 Å². The second-order valence-corrected chi connectivity index (χ2v) is 5.87. The summed E-state index contributed by atoms with van der Waals surface area (Å²) in [4.78, 5) is 12.5. The van der Waals surface area contributed by atoms with Gasteiger partial charge in [-0.05, 0) is 30.6 Å². The highest BCUT2D eigenvalue weighted by Crippen LogP contribution is 2.49. The fraction of sp³-hybridized carbons (Fsp3) is 0.929. The van der Waals surface area contributed by atoms with E-state index in [1.165, 1.54) is 0 Å². The molecule has 2 unspecified atom stereocenters. The Bertz CT molecular complexity index is 235. The number of rotatable bonds is 5. The lowest BCUT2D eigenvalue weighted by molar-refractivity contribution is -0.138. The smallest absolute Gasteiger partial charge is 0.142 e. The summed E-state index contributed by atoms with van der Waals surface area (Å²) in [5.74, 6) is 1.80. The number of methoxy groups -OCH3 is 1. The molecule has 2 heteroatoms. The van der Waals surface area contributed by atoms with E-state index in [2.05, 4.69) is 27.7 Å². The Morgan fingerprint density at radius 2 is 1.81 bits per heavy atom. The first-order valence-electron chi connectivity index (χ1n) is 6.47. The normalized spacial score (nSPS) is 34.6. The first-order chi connectivity index (χ1) is 7.45. The van der Waals surface area contributed by atoms with Crippen molar-refractivity contribution in [3.8, 4) is 0 Å². The van der Waals surface area contributed by atoms with Gasteiger partial charge in [-0.1, -0.05) is 27.7 Å². The van der Waals surface area contributed by atoms with Crippen LogP contribution in [0.1, 0.15) is 47.0 Å². The van der Waals surface area contributed by atoms with E-state index in [1.54, 1.807) is 7.11 Å². The summed E-state index contributed by atoms with van der Waals surface area (Å²) in [5.41, 5.74) is -0.209. The van der Waals surface area contributed by atoms with Crippen LogP contribution in [0.25, 0.3) is 0 Å². The maximum absolute atomic E-state index is 12.5. The number of hydrogen-bond acceptors (Lipinski definition) is 2. The van der Waals surface area contributed by atoms with Gasteiger partial charge in [-0.3, -0.25) is 4.79 Å². The minimum atomic E-state index is -0.209. The van der Waals surface area contributed by atoms with E-state index in [0.29, 0.717) is 36.6 Å². The molecule has 1 aliphatic carbocycles. The molecule has 0 aromatic rings. The minimum absolute atomic E-state index is 0.209. The van der Waals surface area contributed by atoms with Crippen LogP contribution in [0, 0.1) is 23.2 Å². The minimum Gasteiger partial charge on any atom is -0.384 e. The van der Waals surface area contributed by atoms with Gasteiger partial charge in [0.25, 0.3) is 0 Å². The van der Waals surface area contributed by atoms with Crippen molar-refractivity contribution in [2.24, 2.45) is 23.2 Å². The van der Waals surface area contributed by atoms with Crippen LogP contribution in [0.15, 0.2) is 0 Å². The van der Waals surface area contributed by atoms with E-state index >= 15 is 0 Å². The molecule has 1 fully saturated rings. The summed E-state index contributed by atoms with van der Waals surface area (Å²) in [6.45, 7) is 9.24. The summed E-state index contributed by atoms with van der Waals surface area (Å²) < 4.78 is 5.35. The Morgan fingerprint density at radius 3 is 2.19 bits per heavy atom. The van der Waals surface area contributed by atoms with E-state index in [1.807, 2.05) is 0 Å². The van der Waals surface area contributed by atoms with Gasteiger partial charge < -0.3 is 4.74 Å². The molecule has 2 nitrogen and oxygen atoms in total. The summed E-state index contributed by atoms with van der Waals surface area (Å²) in [5, 5.41) is 0. The molecule has 3 atom stereocenters. The summed E-state index contributed by atoms with van der Waals surface area (Å²) in [6, 6.07) is 0. The fourth-order valence-electron chi connectivity index (χ4n) is 3.22. The summed E-state index contributed by atoms with van der Waals surface area (Å²) in [6.07, 6.45) is 3.01. The van der Waals surface area contributed by atoms with Crippen LogP contribution < -0.4 is 0 Å². The van der Waals surface area contributed by atoms with E-state index in [-0.39, 0.29) is 5.41 Å². The standard InChI is InChI=1S/C14H26O2/c1-10(2)8-13(15)14(9-16-5)11(3)6-7-12(14)4/h10-12H,6-9H2,1-5H3/t11-,12?,14?/m1/s1. The highest BCUT2D eigenvalue weighted by molar-refractivity contribution is 5.86. The molecule has 94 valence electrons. The topological polar surface area (TPSA) is 26.3 Å². The molecule has 0 amide bonds. The van der Waals surface area contributed by atoms with E-state index in [0.717, 1.165) is 12.8 Å². The number of ether oxygens (including phenoxy) is 1. The second kappa shape index (κ2) is 5.31. The molecule has 0 aromatic heterocycles. The highest BCUT2D eigenvalue weighted by atomic mass is 16.5. The van der Waals surface area contributed by atoms with Crippen LogP contribution in [0.4, 0.5) is 0 Å². The molecule has 0 aromatic carbocycles. The number of hydrogen-bond donors (Lipinski definition) is 0. The Labute approximate surface area is 99.8 Å². The highest BCUT2D eigenvalue weighted by Gasteiger charge is 2.50. The van der Waals surface area contributed by atoms with Crippen LogP contribution >= 0.6 is 0 Å². The van der Waals surface area contributed by atoms with Gasteiger partial charge in [0.05, 0.1) is 12.0 Å². The predicted octanol–water partition coefficient (Wildman–Crippen LogP) is 3.30. The Hall–Kier alpha value is -0.370. The van der Waals surface area contributed by atoms with Crippen molar-refractivity contribution in [1.29, 1.82) is 0 Å². The first-order valence-corrected chi connectivity index (χ1v) is 6.47. The molecule has 0 N–H and O–H groups in total. The monoisotopic (exact) mass is 226 g/mol. The average Bonchev–Trinajstić information content (AvgIpc) is 2.46. The van der Waals surface area contributed by atoms with E-state index < -0.39 is 0 Å². The van der Waals surface area contributed by atoms with Gasteiger partial charge in [0.15, 0.2) is 0 Å².